The number of aryl methyl sites for hydroxylation is 1. The molecule has 2 N–H and O–H groups in total. The number of pyridine rings is 1. The zero-order chi connectivity index (χ0) is 20.4. The van der Waals surface area contributed by atoms with Crippen molar-refractivity contribution in [2.24, 2.45) is 0 Å². The Morgan fingerprint density at radius 1 is 1.50 bits per heavy atom. The fraction of sp³-hybridized carbons (Fsp3) is 0.263. The molecule has 0 fully saturated rings. The second kappa shape index (κ2) is 7.60. The molecule has 1 atom stereocenters. The number of carbonyl (C=O) groups is 2. The lowest BCUT2D eigenvalue weighted by molar-refractivity contribution is -0.122. The molecule has 0 aliphatic carbocycles. The van der Waals surface area contributed by atoms with E-state index in [9.17, 15) is 18.4 Å². The van der Waals surface area contributed by atoms with Crippen molar-refractivity contribution in [1.29, 1.82) is 5.26 Å². The molecule has 2 heterocycles. The van der Waals surface area contributed by atoms with Crippen LogP contribution in [0.5, 0.6) is 0 Å². The first-order valence-corrected chi connectivity index (χ1v) is 8.49. The first-order valence-electron chi connectivity index (χ1n) is 8.49. The molecular formula is C19H21F2N5O2. The number of nitriles is 1. The molecule has 1 aliphatic rings. The highest BCUT2D eigenvalue weighted by Gasteiger charge is 2.28. The molecule has 2 aromatic rings. The van der Waals surface area contributed by atoms with E-state index < -0.39 is 29.6 Å². The predicted octanol–water partition coefficient (Wildman–Crippen LogP) is 3.26. The van der Waals surface area contributed by atoms with Crippen LogP contribution in [0, 0.1) is 29.9 Å². The molecule has 0 saturated carbocycles. The minimum absolute atomic E-state index is 0. The molecule has 1 aromatic carbocycles. The number of nitrogens with zero attached hydrogens (tertiary/aromatic N) is 3. The van der Waals surface area contributed by atoms with Crippen molar-refractivity contribution in [3.63, 3.8) is 0 Å². The van der Waals surface area contributed by atoms with E-state index in [0.717, 1.165) is 22.1 Å². The smallest absolute Gasteiger partial charge is 0.322 e. The van der Waals surface area contributed by atoms with Gasteiger partial charge in [-0.15, -0.1) is 0 Å². The third-order valence-electron chi connectivity index (χ3n) is 4.52. The van der Waals surface area contributed by atoms with Crippen LogP contribution in [0.25, 0.3) is 0 Å². The molecule has 0 radical (unpaired) electrons. The second-order valence-electron chi connectivity index (χ2n) is 6.50. The molecule has 0 spiro atoms. The van der Waals surface area contributed by atoms with Crippen molar-refractivity contribution in [3.8, 4) is 6.07 Å². The van der Waals surface area contributed by atoms with Gasteiger partial charge in [-0.2, -0.15) is 5.26 Å². The quantitative estimate of drug-likeness (QED) is 0.839. The average molecular weight is 389 g/mol. The van der Waals surface area contributed by atoms with Crippen LogP contribution >= 0.6 is 0 Å². The van der Waals surface area contributed by atoms with Crippen LogP contribution in [0.3, 0.4) is 0 Å². The van der Waals surface area contributed by atoms with Gasteiger partial charge < -0.3 is 15.5 Å². The molecule has 0 unspecified atom stereocenters. The van der Waals surface area contributed by atoms with Crippen LogP contribution in [-0.4, -0.2) is 28.4 Å². The van der Waals surface area contributed by atoms with E-state index in [2.05, 4.69) is 15.6 Å². The summed E-state index contributed by atoms with van der Waals surface area (Å²) >= 11 is 0. The summed E-state index contributed by atoms with van der Waals surface area (Å²) < 4.78 is 27.4. The van der Waals surface area contributed by atoms with Gasteiger partial charge >= 0.3 is 6.03 Å². The van der Waals surface area contributed by atoms with E-state index in [1.54, 1.807) is 19.9 Å². The topological polar surface area (TPSA) is 98.1 Å². The van der Waals surface area contributed by atoms with Crippen LogP contribution in [0.4, 0.5) is 19.3 Å². The number of nitrogens with one attached hydrogen (secondary N) is 2. The van der Waals surface area contributed by atoms with Gasteiger partial charge in [-0.05, 0) is 43.2 Å². The summed E-state index contributed by atoms with van der Waals surface area (Å²) in [5, 5.41) is 14.1. The summed E-state index contributed by atoms with van der Waals surface area (Å²) in [4.78, 5) is 29.6. The number of hydrogen-bond acceptors (Lipinski definition) is 4. The summed E-state index contributed by atoms with van der Waals surface area (Å²) in [6, 6.07) is 4.79. The van der Waals surface area contributed by atoms with Gasteiger partial charge in [-0.25, -0.2) is 18.6 Å². The summed E-state index contributed by atoms with van der Waals surface area (Å²) in [5.74, 6) is -2.53. The number of carbonyl (C=O) groups excluding carboxylic acids is 2. The van der Waals surface area contributed by atoms with Crippen molar-refractivity contribution in [1.82, 2.24) is 15.2 Å². The van der Waals surface area contributed by atoms with Crippen LogP contribution < -0.4 is 10.6 Å². The molecule has 0 bridgehead atoms. The van der Waals surface area contributed by atoms with Crippen molar-refractivity contribution in [3.05, 3.63) is 58.4 Å². The molecule has 7 nitrogen and oxygen atoms in total. The lowest BCUT2D eigenvalue weighted by Crippen LogP contribution is -2.45. The number of amides is 3. The summed E-state index contributed by atoms with van der Waals surface area (Å²) in [5.41, 5.74) is 1.98. The Morgan fingerprint density at radius 2 is 2.25 bits per heavy atom. The molecule has 1 aliphatic heterocycles. The Bertz CT molecular complexity index is 1010. The number of benzene rings is 1. The maximum Gasteiger partial charge on any atom is 0.322 e. The highest BCUT2D eigenvalue weighted by molar-refractivity contribution is 5.94. The first-order chi connectivity index (χ1) is 13.3. The number of aromatic nitrogens is 1. The highest BCUT2D eigenvalue weighted by atomic mass is 19.2. The van der Waals surface area contributed by atoms with Gasteiger partial charge in [0.25, 0.3) is 0 Å². The van der Waals surface area contributed by atoms with Gasteiger partial charge in [-0.1, -0.05) is 0 Å². The van der Waals surface area contributed by atoms with Crippen LogP contribution in [-0.2, 0) is 11.3 Å². The van der Waals surface area contributed by atoms with Gasteiger partial charge in [0.15, 0.2) is 11.6 Å². The van der Waals surface area contributed by atoms with Gasteiger partial charge in [0, 0.05) is 14.6 Å². The number of anilines is 1. The molecule has 3 amide bonds. The van der Waals surface area contributed by atoms with Gasteiger partial charge in [0.2, 0.25) is 5.91 Å². The van der Waals surface area contributed by atoms with Crippen molar-refractivity contribution in [2.75, 3.05) is 11.9 Å². The highest BCUT2D eigenvalue weighted by Crippen LogP contribution is 2.27. The minimum Gasteiger partial charge on any atom is -0.348 e. The Hall–Kier alpha value is -3.54. The summed E-state index contributed by atoms with van der Waals surface area (Å²) in [6.45, 7) is 3.00. The van der Waals surface area contributed by atoms with E-state index >= 15 is 0 Å². The van der Waals surface area contributed by atoms with Crippen LogP contribution in [0.15, 0.2) is 24.4 Å². The summed E-state index contributed by atoms with van der Waals surface area (Å²) in [7, 11) is 0. The minimum atomic E-state index is -1.05. The monoisotopic (exact) mass is 389 g/mol. The Morgan fingerprint density at radius 3 is 2.93 bits per heavy atom. The zero-order valence-electron chi connectivity index (χ0n) is 15.2. The van der Waals surface area contributed by atoms with Gasteiger partial charge in [0.05, 0.1) is 18.3 Å². The lowest BCUT2D eigenvalue weighted by atomic mass is 10.0. The molecule has 0 saturated heterocycles. The average Bonchev–Trinajstić information content (AvgIpc) is 2.65. The largest absolute Gasteiger partial charge is 0.348 e. The molecular weight excluding hydrogens is 368 g/mol. The molecule has 9 heteroatoms. The number of urea groups is 1. The number of halogens is 2. The lowest BCUT2D eigenvalue weighted by Gasteiger charge is -2.29. The fourth-order valence-electron chi connectivity index (χ4n) is 3.07. The van der Waals surface area contributed by atoms with Gasteiger partial charge in [-0.3, -0.25) is 4.79 Å². The van der Waals surface area contributed by atoms with Crippen molar-refractivity contribution < 1.29 is 21.2 Å². The second-order valence-corrected chi connectivity index (χ2v) is 6.50. The fourth-order valence-corrected chi connectivity index (χ4v) is 3.07. The van der Waals surface area contributed by atoms with E-state index in [1.165, 1.54) is 12.3 Å². The molecule has 3 rings (SSSR count). The maximum atomic E-state index is 14.0. The molecule has 28 heavy (non-hydrogen) atoms. The third-order valence-corrected chi connectivity index (χ3v) is 4.52. The Kier molecular flexibility index (Phi) is 5.22. The summed E-state index contributed by atoms with van der Waals surface area (Å²) in [6.07, 6.45) is 1.51. The first kappa shape index (κ1) is 19.2. The van der Waals surface area contributed by atoms with E-state index in [0.29, 0.717) is 0 Å². The standard InChI is InChI=1S/C19H17F2N5O2.2H2/c1-10-5-12(6-22)23-7-13(10)11(2)24-17(27)9-26-8-14-16(25-19(26)28)4-3-15(20)18(14)21;;/h3-5,7,11H,8-9H2,1-2H3,(H,24,27)(H,25,28);2*1H/t11-;;/m0../s1. The molecule has 148 valence electrons. The predicted molar refractivity (Wildman–Crippen MR) is 100 cm³/mol. The van der Waals surface area contributed by atoms with Crippen LogP contribution in [0.1, 0.15) is 38.2 Å². The SMILES string of the molecule is Cc1cc(C#N)ncc1[C@H](C)NC(=O)CN1Cc2c(ccc(F)c2F)NC1=O.[HH].[HH]. The third kappa shape index (κ3) is 3.76. The zero-order valence-corrected chi connectivity index (χ0v) is 15.2. The van der Waals surface area contributed by atoms with Crippen LogP contribution in [0.2, 0.25) is 0 Å². The van der Waals surface area contributed by atoms with Crippen molar-refractivity contribution >= 4 is 17.6 Å². The maximum absolute atomic E-state index is 14.0. The van der Waals surface area contributed by atoms with E-state index in [1.807, 2.05) is 6.07 Å². The van der Waals surface area contributed by atoms with Crippen molar-refractivity contribution in [2.45, 2.75) is 26.4 Å². The van der Waals surface area contributed by atoms with E-state index in [-0.39, 0.29) is 32.9 Å². The van der Waals surface area contributed by atoms with Gasteiger partial charge in [0.1, 0.15) is 18.3 Å². The number of hydrogen-bond donors (Lipinski definition) is 2. The van der Waals surface area contributed by atoms with E-state index in [4.69, 9.17) is 5.26 Å². The Balaban J connectivity index is 0.00000225. The number of fused-ring (bicyclic) bond motifs is 1. The molecule has 1 aromatic heterocycles. The normalized spacial score (nSPS) is 14.0. The number of rotatable bonds is 4. The Labute approximate surface area is 162 Å².